The molecule has 1 unspecified atom stereocenters. The molecule has 2 nitrogen and oxygen atoms in total. The van der Waals surface area contributed by atoms with Crippen molar-refractivity contribution in [3.8, 4) is 0 Å². The molecule has 0 bridgehead atoms. The smallest absolute Gasteiger partial charge is 0.0474 e. The van der Waals surface area contributed by atoms with E-state index in [1.807, 2.05) is 26.8 Å². The van der Waals surface area contributed by atoms with Crippen molar-refractivity contribution in [1.29, 1.82) is 0 Å². The van der Waals surface area contributed by atoms with Crippen molar-refractivity contribution in [2.75, 3.05) is 0 Å². The summed E-state index contributed by atoms with van der Waals surface area (Å²) >= 11 is 0. The second-order valence-electron chi connectivity index (χ2n) is 4.02. The van der Waals surface area contributed by atoms with Crippen LogP contribution in [0.5, 0.6) is 0 Å². The van der Waals surface area contributed by atoms with Gasteiger partial charge in [-0.05, 0) is 19.3 Å². The third-order valence-corrected chi connectivity index (χ3v) is 1.89. The molecule has 0 fully saturated rings. The van der Waals surface area contributed by atoms with Crippen LogP contribution in [0.1, 0.15) is 48.5 Å². The Hall–Kier alpha value is -0.340. The zero-order valence-electron chi connectivity index (χ0n) is 10.1. The Kier molecular flexibility index (Phi) is 8.27. The monoisotopic (exact) mass is 187 g/mol. The topological polar surface area (TPSA) is 32.3 Å². The molecule has 2 heteroatoms. The number of hydroxylamine groups is 1. The van der Waals surface area contributed by atoms with E-state index < -0.39 is 0 Å². The lowest BCUT2D eigenvalue weighted by atomic mass is 9.87. The quantitative estimate of drug-likeness (QED) is 0.513. The van der Waals surface area contributed by atoms with Gasteiger partial charge in [0.05, 0.1) is 0 Å². The molecule has 0 spiro atoms. The van der Waals surface area contributed by atoms with Gasteiger partial charge in [0, 0.05) is 6.04 Å². The summed E-state index contributed by atoms with van der Waals surface area (Å²) in [5.41, 5.74) is 3.67. The minimum atomic E-state index is 0.0363. The van der Waals surface area contributed by atoms with Gasteiger partial charge in [0.25, 0.3) is 0 Å². The highest BCUT2D eigenvalue weighted by atomic mass is 16.5. The van der Waals surface area contributed by atoms with Gasteiger partial charge in [-0.1, -0.05) is 46.3 Å². The summed E-state index contributed by atoms with van der Waals surface area (Å²) < 4.78 is 0. The molecule has 0 aromatic carbocycles. The summed E-state index contributed by atoms with van der Waals surface area (Å²) in [5, 5.41) is 8.55. The number of nitrogens with one attached hydrogen (secondary N) is 1. The molecule has 0 aliphatic heterocycles. The molecule has 0 aromatic heterocycles. The average molecular weight is 187 g/mol. The molecule has 0 radical (unpaired) electrons. The number of rotatable bonds is 2. The van der Waals surface area contributed by atoms with Gasteiger partial charge in [-0.2, -0.15) is 5.48 Å². The van der Waals surface area contributed by atoms with Gasteiger partial charge in [-0.3, -0.25) is 0 Å². The van der Waals surface area contributed by atoms with E-state index in [1.165, 1.54) is 5.57 Å². The van der Waals surface area contributed by atoms with Gasteiger partial charge in [-0.25, -0.2) is 0 Å². The number of hydrogen-bond acceptors (Lipinski definition) is 2. The Morgan fingerprint density at radius 1 is 1.31 bits per heavy atom. The van der Waals surface area contributed by atoms with E-state index in [0.29, 0.717) is 0 Å². The molecule has 13 heavy (non-hydrogen) atoms. The molecule has 1 atom stereocenters. The minimum Gasteiger partial charge on any atom is -0.316 e. The SMILES string of the molecule is C/C(=C\C(C)NO)C(C)(C)C.CC. The van der Waals surface area contributed by atoms with Crippen LogP contribution in [0.25, 0.3) is 0 Å². The van der Waals surface area contributed by atoms with Crippen molar-refractivity contribution in [1.82, 2.24) is 5.48 Å². The second-order valence-corrected chi connectivity index (χ2v) is 4.02. The van der Waals surface area contributed by atoms with E-state index in [1.54, 1.807) is 0 Å². The Balaban J connectivity index is 0. The van der Waals surface area contributed by atoms with E-state index in [0.717, 1.165) is 0 Å². The summed E-state index contributed by atoms with van der Waals surface area (Å²) in [6.45, 7) is 14.5. The standard InChI is InChI=1S/C9H19NO.C2H6/c1-7(9(3,4)5)6-8(2)10-11;1-2/h6,8,10-11H,1-5H3;1-2H3/b7-6+;. The first-order valence-corrected chi connectivity index (χ1v) is 4.96. The number of allylic oxidation sites excluding steroid dienone is 1. The van der Waals surface area contributed by atoms with Gasteiger partial charge in [-0.15, -0.1) is 0 Å². The van der Waals surface area contributed by atoms with Crippen LogP contribution in [-0.2, 0) is 0 Å². The molecular formula is C11H25NO. The lowest BCUT2D eigenvalue weighted by Crippen LogP contribution is -2.21. The van der Waals surface area contributed by atoms with Crippen molar-refractivity contribution in [3.63, 3.8) is 0 Å². The first kappa shape index (κ1) is 15.1. The van der Waals surface area contributed by atoms with Crippen LogP contribution in [0.15, 0.2) is 11.6 Å². The van der Waals surface area contributed by atoms with Gasteiger partial charge >= 0.3 is 0 Å². The maximum Gasteiger partial charge on any atom is 0.0474 e. The van der Waals surface area contributed by atoms with Gasteiger partial charge in [0.1, 0.15) is 0 Å². The molecule has 0 rings (SSSR count). The summed E-state index contributed by atoms with van der Waals surface area (Å²) in [7, 11) is 0. The third-order valence-electron chi connectivity index (χ3n) is 1.89. The lowest BCUT2D eigenvalue weighted by molar-refractivity contribution is 0.149. The summed E-state index contributed by atoms with van der Waals surface area (Å²) in [6.07, 6.45) is 2.03. The van der Waals surface area contributed by atoms with Crippen LogP contribution in [0.2, 0.25) is 0 Å². The number of hydrogen-bond donors (Lipinski definition) is 2. The molecule has 2 N–H and O–H groups in total. The van der Waals surface area contributed by atoms with Crippen LogP contribution in [0.4, 0.5) is 0 Å². The highest BCUT2D eigenvalue weighted by molar-refractivity contribution is 5.10. The summed E-state index contributed by atoms with van der Waals surface area (Å²) in [4.78, 5) is 0. The highest BCUT2D eigenvalue weighted by Gasteiger charge is 2.12. The van der Waals surface area contributed by atoms with Crippen molar-refractivity contribution >= 4 is 0 Å². The highest BCUT2D eigenvalue weighted by Crippen LogP contribution is 2.24. The van der Waals surface area contributed by atoms with Crippen molar-refractivity contribution in [3.05, 3.63) is 11.6 Å². The molecule has 80 valence electrons. The first-order chi connectivity index (χ1) is 5.88. The Labute approximate surface area is 83.0 Å². The van der Waals surface area contributed by atoms with E-state index in [9.17, 15) is 0 Å². The molecule has 0 aliphatic rings. The fraction of sp³-hybridized carbons (Fsp3) is 0.818. The Morgan fingerprint density at radius 3 is 1.92 bits per heavy atom. The summed E-state index contributed by atoms with van der Waals surface area (Å²) in [6, 6.07) is 0.0363. The van der Waals surface area contributed by atoms with Crippen LogP contribution < -0.4 is 5.48 Å². The van der Waals surface area contributed by atoms with Crippen LogP contribution in [0, 0.1) is 5.41 Å². The lowest BCUT2D eigenvalue weighted by Gasteiger charge is -2.20. The van der Waals surface area contributed by atoms with Crippen LogP contribution in [0.3, 0.4) is 0 Å². The fourth-order valence-corrected chi connectivity index (χ4v) is 0.662. The molecule has 0 aliphatic carbocycles. The predicted octanol–water partition coefficient (Wildman–Crippen LogP) is 3.37. The van der Waals surface area contributed by atoms with Crippen molar-refractivity contribution in [2.24, 2.45) is 5.41 Å². The molecule has 0 amide bonds. The predicted molar refractivity (Wildman–Crippen MR) is 58.9 cm³/mol. The maximum atomic E-state index is 8.55. The van der Waals surface area contributed by atoms with E-state index >= 15 is 0 Å². The van der Waals surface area contributed by atoms with Crippen molar-refractivity contribution in [2.45, 2.75) is 54.5 Å². The van der Waals surface area contributed by atoms with E-state index in [4.69, 9.17) is 5.21 Å². The molecule has 0 saturated heterocycles. The van der Waals surface area contributed by atoms with Gasteiger partial charge in [0.2, 0.25) is 0 Å². The first-order valence-electron chi connectivity index (χ1n) is 4.96. The molecule has 0 saturated carbocycles. The maximum absolute atomic E-state index is 8.55. The second kappa shape index (κ2) is 7.10. The minimum absolute atomic E-state index is 0.0363. The zero-order chi connectivity index (χ0) is 11.1. The molecule has 0 aromatic rings. The Morgan fingerprint density at radius 2 is 1.69 bits per heavy atom. The van der Waals surface area contributed by atoms with Crippen LogP contribution in [-0.4, -0.2) is 11.2 Å². The third kappa shape index (κ3) is 8.00. The molecule has 0 heterocycles. The normalized spacial score (nSPS) is 14.6. The van der Waals surface area contributed by atoms with Crippen LogP contribution >= 0.6 is 0 Å². The van der Waals surface area contributed by atoms with E-state index in [-0.39, 0.29) is 11.5 Å². The average Bonchev–Trinajstić information content (AvgIpc) is 2.06. The van der Waals surface area contributed by atoms with Gasteiger partial charge < -0.3 is 5.21 Å². The van der Waals surface area contributed by atoms with E-state index in [2.05, 4.69) is 33.2 Å². The zero-order valence-corrected chi connectivity index (χ0v) is 10.1. The van der Waals surface area contributed by atoms with Gasteiger partial charge in [0.15, 0.2) is 0 Å². The largest absolute Gasteiger partial charge is 0.316 e. The Bertz CT molecular complexity index is 145. The van der Waals surface area contributed by atoms with Crippen molar-refractivity contribution < 1.29 is 5.21 Å². The fourth-order valence-electron chi connectivity index (χ4n) is 0.662. The molecular weight excluding hydrogens is 162 g/mol. The summed E-state index contributed by atoms with van der Waals surface area (Å²) in [5.74, 6) is 0.